The van der Waals surface area contributed by atoms with E-state index < -0.39 is 5.82 Å². The van der Waals surface area contributed by atoms with Gasteiger partial charge in [-0.05, 0) is 30.7 Å². The van der Waals surface area contributed by atoms with Gasteiger partial charge in [0, 0.05) is 19.3 Å². The molecule has 1 amide bonds. The normalized spacial score (nSPS) is 10.3. The molecule has 5 nitrogen and oxygen atoms in total. The summed E-state index contributed by atoms with van der Waals surface area (Å²) in [7, 11) is 1.40. The minimum absolute atomic E-state index is 0.157. The molecule has 1 heterocycles. The second kappa shape index (κ2) is 7.78. The molecular formula is C16H17ClFN3O2. The fourth-order valence-electron chi connectivity index (χ4n) is 2.05. The minimum atomic E-state index is -0.480. The van der Waals surface area contributed by atoms with Gasteiger partial charge in [0.2, 0.25) is 0 Å². The van der Waals surface area contributed by atoms with E-state index in [4.69, 9.17) is 16.3 Å². The highest BCUT2D eigenvalue weighted by Crippen LogP contribution is 2.22. The third-order valence-corrected chi connectivity index (χ3v) is 3.46. The number of methoxy groups -OCH3 is 1. The molecule has 1 aromatic heterocycles. The Kier molecular flexibility index (Phi) is 5.76. The zero-order valence-electron chi connectivity index (χ0n) is 12.8. The second-order valence-corrected chi connectivity index (χ2v) is 5.11. The molecule has 7 heteroatoms. The third-order valence-electron chi connectivity index (χ3n) is 3.14. The summed E-state index contributed by atoms with van der Waals surface area (Å²) in [5.41, 5.74) is 0.881. The number of benzene rings is 1. The summed E-state index contributed by atoms with van der Waals surface area (Å²) in [6, 6.07) is 6.05. The van der Waals surface area contributed by atoms with Crippen LogP contribution < -0.4 is 15.4 Å². The van der Waals surface area contributed by atoms with E-state index in [2.05, 4.69) is 15.6 Å². The van der Waals surface area contributed by atoms with E-state index in [1.54, 1.807) is 12.1 Å². The van der Waals surface area contributed by atoms with Crippen LogP contribution in [0.3, 0.4) is 0 Å². The van der Waals surface area contributed by atoms with Crippen LogP contribution >= 0.6 is 11.6 Å². The average molecular weight is 338 g/mol. The molecule has 122 valence electrons. The van der Waals surface area contributed by atoms with Gasteiger partial charge in [0.25, 0.3) is 5.91 Å². The number of halogens is 2. The molecule has 0 saturated heterocycles. The Labute approximate surface area is 138 Å². The molecular weight excluding hydrogens is 321 g/mol. The van der Waals surface area contributed by atoms with Crippen molar-refractivity contribution in [1.29, 1.82) is 0 Å². The molecule has 0 aliphatic carbocycles. The van der Waals surface area contributed by atoms with Gasteiger partial charge in [-0.2, -0.15) is 0 Å². The molecule has 2 rings (SSSR count). The number of carbonyl (C=O) groups is 1. The summed E-state index contributed by atoms with van der Waals surface area (Å²) < 4.78 is 18.5. The van der Waals surface area contributed by atoms with E-state index in [9.17, 15) is 9.18 Å². The van der Waals surface area contributed by atoms with Crippen molar-refractivity contribution in [3.8, 4) is 5.75 Å². The van der Waals surface area contributed by atoms with E-state index in [-0.39, 0.29) is 23.8 Å². The largest absolute Gasteiger partial charge is 0.494 e. The van der Waals surface area contributed by atoms with Gasteiger partial charge in [0.15, 0.2) is 11.6 Å². The molecule has 0 aliphatic rings. The highest BCUT2D eigenvalue weighted by atomic mass is 35.5. The summed E-state index contributed by atoms with van der Waals surface area (Å²) in [6.07, 6.45) is 1.52. The van der Waals surface area contributed by atoms with Gasteiger partial charge in [-0.3, -0.25) is 4.79 Å². The number of pyridine rings is 1. The summed E-state index contributed by atoms with van der Waals surface area (Å²) in [6.45, 7) is 2.66. The van der Waals surface area contributed by atoms with Crippen LogP contribution in [0.15, 0.2) is 30.5 Å². The lowest BCUT2D eigenvalue weighted by molar-refractivity contribution is 0.0951. The maximum atomic E-state index is 13.6. The van der Waals surface area contributed by atoms with Crippen LogP contribution in [0.2, 0.25) is 5.02 Å². The number of amides is 1. The zero-order chi connectivity index (χ0) is 16.8. The van der Waals surface area contributed by atoms with Gasteiger partial charge in [-0.15, -0.1) is 0 Å². The van der Waals surface area contributed by atoms with Gasteiger partial charge in [0.05, 0.1) is 12.1 Å². The van der Waals surface area contributed by atoms with E-state index in [0.717, 1.165) is 0 Å². The molecule has 0 saturated carbocycles. The molecule has 0 atom stereocenters. The second-order valence-electron chi connectivity index (χ2n) is 4.70. The number of nitrogens with zero attached hydrogens (tertiary/aromatic N) is 1. The molecule has 0 spiro atoms. The Bertz CT molecular complexity index is 710. The quantitative estimate of drug-likeness (QED) is 0.849. The van der Waals surface area contributed by atoms with Crippen LogP contribution in [-0.4, -0.2) is 24.5 Å². The molecule has 2 N–H and O–H groups in total. The number of anilines is 1. The average Bonchev–Trinajstić information content (AvgIpc) is 2.53. The smallest absolute Gasteiger partial charge is 0.256 e. The number of aromatic nitrogens is 1. The number of rotatable bonds is 6. The Balaban J connectivity index is 2.12. The van der Waals surface area contributed by atoms with E-state index in [1.165, 1.54) is 25.4 Å². The number of carbonyl (C=O) groups excluding carboxylic acids is 1. The fourth-order valence-corrected chi connectivity index (χ4v) is 2.28. The zero-order valence-corrected chi connectivity index (χ0v) is 13.6. The van der Waals surface area contributed by atoms with Crippen molar-refractivity contribution >= 4 is 23.3 Å². The van der Waals surface area contributed by atoms with Crippen molar-refractivity contribution < 1.29 is 13.9 Å². The summed E-state index contributed by atoms with van der Waals surface area (Å²) in [5.74, 6) is -0.287. The SMILES string of the molecule is CCNc1nccc(Cl)c1C(=O)NCc1ccc(OC)c(F)c1. The number of ether oxygens (including phenoxy) is 1. The van der Waals surface area contributed by atoms with Gasteiger partial charge in [-0.25, -0.2) is 9.37 Å². The van der Waals surface area contributed by atoms with Crippen molar-refractivity contribution in [2.24, 2.45) is 0 Å². The highest BCUT2D eigenvalue weighted by Gasteiger charge is 2.16. The fraction of sp³-hybridized carbons (Fsp3) is 0.250. The van der Waals surface area contributed by atoms with Crippen LogP contribution in [0.1, 0.15) is 22.8 Å². The lowest BCUT2D eigenvalue weighted by Crippen LogP contribution is -2.25. The first-order valence-electron chi connectivity index (χ1n) is 7.05. The number of hydrogen-bond donors (Lipinski definition) is 2. The minimum Gasteiger partial charge on any atom is -0.494 e. The van der Waals surface area contributed by atoms with E-state index in [1.807, 2.05) is 6.92 Å². The van der Waals surface area contributed by atoms with E-state index in [0.29, 0.717) is 22.9 Å². The standard InChI is InChI=1S/C16H17ClFN3O2/c1-3-19-15-14(11(17)6-7-20-15)16(22)21-9-10-4-5-13(23-2)12(18)8-10/h4-8H,3,9H2,1-2H3,(H,19,20)(H,21,22). The molecule has 0 unspecified atom stereocenters. The maximum absolute atomic E-state index is 13.6. The van der Waals surface area contributed by atoms with Crippen molar-refractivity contribution in [2.45, 2.75) is 13.5 Å². The summed E-state index contributed by atoms with van der Waals surface area (Å²) >= 11 is 6.09. The van der Waals surface area contributed by atoms with Crippen LogP contribution in [0.25, 0.3) is 0 Å². The van der Waals surface area contributed by atoms with Gasteiger partial charge in [-0.1, -0.05) is 17.7 Å². The topological polar surface area (TPSA) is 63.2 Å². The first-order chi connectivity index (χ1) is 11.1. The Morgan fingerprint density at radius 2 is 2.17 bits per heavy atom. The lowest BCUT2D eigenvalue weighted by atomic mass is 10.2. The van der Waals surface area contributed by atoms with Crippen molar-refractivity contribution in [1.82, 2.24) is 10.3 Å². The predicted octanol–water partition coefficient (Wildman–Crippen LogP) is 3.24. The molecule has 2 aromatic rings. The first-order valence-corrected chi connectivity index (χ1v) is 7.43. The molecule has 0 aliphatic heterocycles. The van der Waals surface area contributed by atoms with Gasteiger partial charge >= 0.3 is 0 Å². The van der Waals surface area contributed by atoms with Crippen LogP contribution in [0, 0.1) is 5.82 Å². The Hall–Kier alpha value is -2.34. The molecule has 0 radical (unpaired) electrons. The van der Waals surface area contributed by atoms with Crippen LogP contribution in [-0.2, 0) is 6.54 Å². The Morgan fingerprint density at radius 3 is 2.83 bits per heavy atom. The van der Waals surface area contributed by atoms with Gasteiger partial charge in [0.1, 0.15) is 11.4 Å². The maximum Gasteiger partial charge on any atom is 0.256 e. The van der Waals surface area contributed by atoms with Gasteiger partial charge < -0.3 is 15.4 Å². The van der Waals surface area contributed by atoms with Crippen molar-refractivity contribution in [2.75, 3.05) is 19.0 Å². The van der Waals surface area contributed by atoms with Crippen molar-refractivity contribution in [3.05, 3.63) is 52.4 Å². The summed E-state index contributed by atoms with van der Waals surface area (Å²) in [4.78, 5) is 16.5. The molecule has 23 heavy (non-hydrogen) atoms. The van der Waals surface area contributed by atoms with E-state index >= 15 is 0 Å². The predicted molar refractivity (Wildman–Crippen MR) is 87.5 cm³/mol. The lowest BCUT2D eigenvalue weighted by Gasteiger charge is -2.12. The number of hydrogen-bond acceptors (Lipinski definition) is 4. The first kappa shape index (κ1) is 17.0. The summed E-state index contributed by atoms with van der Waals surface area (Å²) in [5, 5.41) is 6.00. The van der Waals surface area contributed by atoms with Crippen LogP contribution in [0.5, 0.6) is 5.75 Å². The van der Waals surface area contributed by atoms with Crippen molar-refractivity contribution in [3.63, 3.8) is 0 Å². The Morgan fingerprint density at radius 1 is 1.39 bits per heavy atom. The molecule has 1 aromatic carbocycles. The molecule has 0 fully saturated rings. The number of nitrogens with one attached hydrogen (secondary N) is 2. The highest BCUT2D eigenvalue weighted by molar-refractivity contribution is 6.34. The molecule has 0 bridgehead atoms. The van der Waals surface area contributed by atoms with Crippen LogP contribution in [0.4, 0.5) is 10.2 Å². The monoisotopic (exact) mass is 337 g/mol. The third kappa shape index (κ3) is 4.10.